The lowest BCUT2D eigenvalue weighted by molar-refractivity contribution is 0.590. The van der Waals surface area contributed by atoms with E-state index in [1.54, 1.807) is 6.07 Å². The molecule has 3 nitrogen and oxygen atoms in total. The zero-order valence-electron chi connectivity index (χ0n) is 10.9. The molecule has 0 radical (unpaired) electrons. The molecule has 17 heavy (non-hydrogen) atoms. The van der Waals surface area contributed by atoms with Gasteiger partial charge in [0.15, 0.2) is 0 Å². The third kappa shape index (κ3) is 4.38. The molecule has 96 valence electrons. The largest absolute Gasteiger partial charge is 0.284 e. The third-order valence-corrected chi connectivity index (χ3v) is 3.97. The Kier molecular flexibility index (Phi) is 4.20. The number of rotatable bonds is 4. The molecule has 0 aliphatic rings. The van der Waals surface area contributed by atoms with Gasteiger partial charge in [-0.05, 0) is 29.5 Å². The van der Waals surface area contributed by atoms with Gasteiger partial charge >= 0.3 is 0 Å². The van der Waals surface area contributed by atoms with E-state index >= 15 is 0 Å². The van der Waals surface area contributed by atoms with Crippen LogP contribution in [0.4, 0.5) is 5.69 Å². The summed E-state index contributed by atoms with van der Waals surface area (Å²) in [6.45, 7) is 8.16. The van der Waals surface area contributed by atoms with E-state index < -0.39 is 10.0 Å². The maximum Gasteiger partial charge on any atom is 0.232 e. The van der Waals surface area contributed by atoms with Gasteiger partial charge in [-0.25, -0.2) is 8.42 Å². The van der Waals surface area contributed by atoms with E-state index in [-0.39, 0.29) is 11.2 Å². The van der Waals surface area contributed by atoms with E-state index in [2.05, 4.69) is 25.5 Å². The normalized spacial score (nSPS) is 12.5. The summed E-state index contributed by atoms with van der Waals surface area (Å²) < 4.78 is 25.9. The van der Waals surface area contributed by atoms with Crippen molar-refractivity contribution in [3.63, 3.8) is 0 Å². The molecule has 0 spiro atoms. The minimum absolute atomic E-state index is 0.0200. The van der Waals surface area contributed by atoms with Crippen LogP contribution in [-0.4, -0.2) is 14.2 Å². The van der Waals surface area contributed by atoms with Gasteiger partial charge in [-0.2, -0.15) is 0 Å². The van der Waals surface area contributed by atoms with E-state index in [0.29, 0.717) is 12.1 Å². The zero-order valence-corrected chi connectivity index (χ0v) is 11.8. The van der Waals surface area contributed by atoms with Crippen molar-refractivity contribution in [3.05, 3.63) is 29.8 Å². The Morgan fingerprint density at radius 2 is 1.88 bits per heavy atom. The van der Waals surface area contributed by atoms with Crippen molar-refractivity contribution in [3.8, 4) is 0 Å². The highest BCUT2D eigenvalue weighted by molar-refractivity contribution is 7.92. The van der Waals surface area contributed by atoms with Crippen LogP contribution in [0.5, 0.6) is 0 Å². The Hall–Kier alpha value is -1.03. The molecule has 1 rings (SSSR count). The van der Waals surface area contributed by atoms with Crippen molar-refractivity contribution in [2.45, 2.75) is 39.5 Å². The smallest absolute Gasteiger partial charge is 0.232 e. The fourth-order valence-corrected chi connectivity index (χ4v) is 2.67. The van der Waals surface area contributed by atoms with Crippen LogP contribution in [0.3, 0.4) is 0 Å². The lowest BCUT2D eigenvalue weighted by Crippen LogP contribution is -2.17. The van der Waals surface area contributed by atoms with Gasteiger partial charge in [0.25, 0.3) is 0 Å². The lowest BCUT2D eigenvalue weighted by atomic mass is 9.87. The van der Waals surface area contributed by atoms with Gasteiger partial charge in [-0.1, -0.05) is 39.8 Å². The molecule has 0 bridgehead atoms. The second-order valence-electron chi connectivity index (χ2n) is 5.25. The van der Waals surface area contributed by atoms with Crippen molar-refractivity contribution < 1.29 is 8.42 Å². The highest BCUT2D eigenvalue weighted by atomic mass is 32.2. The summed E-state index contributed by atoms with van der Waals surface area (Å²) in [5.41, 5.74) is 1.78. The van der Waals surface area contributed by atoms with Crippen LogP contribution in [0.25, 0.3) is 0 Å². The minimum atomic E-state index is -3.20. The third-order valence-electron chi connectivity index (χ3n) is 2.47. The van der Waals surface area contributed by atoms with Crippen molar-refractivity contribution >= 4 is 15.7 Å². The number of hydrogen-bond acceptors (Lipinski definition) is 2. The predicted molar refractivity (Wildman–Crippen MR) is 72.8 cm³/mol. The summed E-state index contributed by atoms with van der Waals surface area (Å²) in [6.07, 6.45) is 0.619. The Morgan fingerprint density at radius 1 is 1.24 bits per heavy atom. The molecule has 0 saturated carbocycles. The summed E-state index contributed by atoms with van der Waals surface area (Å²) in [4.78, 5) is 0. The number of nitrogens with one attached hydrogen (secondary N) is 1. The van der Waals surface area contributed by atoms with Crippen molar-refractivity contribution in [1.29, 1.82) is 0 Å². The molecule has 0 saturated heterocycles. The second kappa shape index (κ2) is 5.08. The monoisotopic (exact) mass is 255 g/mol. The van der Waals surface area contributed by atoms with E-state index in [4.69, 9.17) is 0 Å². The standard InChI is InChI=1S/C13H21NO2S/c1-5-9-17(15,16)14-12-8-6-7-11(10-12)13(2,3)4/h6-8,10,14H,5,9H2,1-4H3. The molecule has 0 fully saturated rings. The van der Waals surface area contributed by atoms with Gasteiger partial charge in [0, 0.05) is 5.69 Å². The molecule has 0 aliphatic heterocycles. The Morgan fingerprint density at radius 3 is 2.41 bits per heavy atom. The molecule has 0 atom stereocenters. The lowest BCUT2D eigenvalue weighted by Gasteiger charge is -2.20. The minimum Gasteiger partial charge on any atom is -0.284 e. The van der Waals surface area contributed by atoms with E-state index in [1.807, 2.05) is 25.1 Å². The van der Waals surface area contributed by atoms with Gasteiger partial charge in [-0.15, -0.1) is 0 Å². The molecule has 0 unspecified atom stereocenters. The Labute approximate surface area is 104 Å². The van der Waals surface area contributed by atoms with E-state index in [1.165, 1.54) is 0 Å². The van der Waals surface area contributed by atoms with Crippen LogP contribution in [0.15, 0.2) is 24.3 Å². The topological polar surface area (TPSA) is 46.2 Å². The molecule has 1 N–H and O–H groups in total. The summed E-state index contributed by atoms with van der Waals surface area (Å²) in [5, 5.41) is 0. The number of anilines is 1. The first kappa shape index (κ1) is 14.0. The summed E-state index contributed by atoms with van der Waals surface area (Å²) in [5.74, 6) is 0.159. The van der Waals surface area contributed by atoms with E-state index in [9.17, 15) is 8.42 Å². The first-order chi connectivity index (χ1) is 7.74. The molecule has 0 heterocycles. The fraction of sp³-hybridized carbons (Fsp3) is 0.538. The molecule has 0 aliphatic carbocycles. The summed E-state index contributed by atoms with van der Waals surface area (Å²) in [7, 11) is -3.20. The average molecular weight is 255 g/mol. The van der Waals surface area contributed by atoms with Crippen LogP contribution in [-0.2, 0) is 15.4 Å². The molecule has 4 heteroatoms. The van der Waals surface area contributed by atoms with Crippen molar-refractivity contribution in [2.24, 2.45) is 0 Å². The van der Waals surface area contributed by atoms with Crippen LogP contribution < -0.4 is 4.72 Å². The zero-order chi connectivity index (χ0) is 13.1. The molecule has 1 aromatic rings. The Balaban J connectivity index is 2.94. The molecule has 0 amide bonds. The van der Waals surface area contributed by atoms with Crippen LogP contribution >= 0.6 is 0 Å². The molecular formula is C13H21NO2S. The predicted octanol–water partition coefficient (Wildman–Crippen LogP) is 3.14. The first-order valence-electron chi connectivity index (χ1n) is 5.85. The molecule has 0 aromatic heterocycles. The second-order valence-corrected chi connectivity index (χ2v) is 7.09. The van der Waals surface area contributed by atoms with E-state index in [0.717, 1.165) is 5.56 Å². The number of sulfonamides is 1. The van der Waals surface area contributed by atoms with Gasteiger partial charge in [-0.3, -0.25) is 4.72 Å². The first-order valence-corrected chi connectivity index (χ1v) is 7.51. The number of hydrogen-bond donors (Lipinski definition) is 1. The fourth-order valence-electron chi connectivity index (χ4n) is 1.55. The van der Waals surface area contributed by atoms with Gasteiger partial charge in [0.1, 0.15) is 0 Å². The van der Waals surface area contributed by atoms with Crippen LogP contribution in [0, 0.1) is 0 Å². The molecule has 1 aromatic carbocycles. The van der Waals surface area contributed by atoms with Gasteiger partial charge in [0.2, 0.25) is 10.0 Å². The Bertz CT molecular complexity index is 472. The van der Waals surface area contributed by atoms with Crippen molar-refractivity contribution in [1.82, 2.24) is 0 Å². The quantitative estimate of drug-likeness (QED) is 0.898. The van der Waals surface area contributed by atoms with Crippen molar-refractivity contribution in [2.75, 3.05) is 10.5 Å². The average Bonchev–Trinajstić information content (AvgIpc) is 2.15. The highest BCUT2D eigenvalue weighted by Crippen LogP contribution is 2.24. The molecular weight excluding hydrogens is 234 g/mol. The maximum absolute atomic E-state index is 11.6. The van der Waals surface area contributed by atoms with Gasteiger partial charge < -0.3 is 0 Å². The van der Waals surface area contributed by atoms with Crippen LogP contribution in [0.2, 0.25) is 0 Å². The van der Waals surface area contributed by atoms with Gasteiger partial charge in [0.05, 0.1) is 5.75 Å². The SMILES string of the molecule is CCCS(=O)(=O)Nc1cccc(C(C)(C)C)c1. The summed E-state index contributed by atoms with van der Waals surface area (Å²) >= 11 is 0. The van der Waals surface area contributed by atoms with Crippen LogP contribution in [0.1, 0.15) is 39.7 Å². The maximum atomic E-state index is 11.6. The summed E-state index contributed by atoms with van der Waals surface area (Å²) in [6, 6.07) is 7.57. The number of benzene rings is 1. The highest BCUT2D eigenvalue weighted by Gasteiger charge is 2.15.